The summed E-state index contributed by atoms with van der Waals surface area (Å²) in [4.78, 5) is 0. The molecule has 90 valence electrons. The molecule has 0 aromatic heterocycles. The van der Waals surface area contributed by atoms with E-state index >= 15 is 0 Å². The van der Waals surface area contributed by atoms with E-state index in [1.54, 1.807) is 7.11 Å². The van der Waals surface area contributed by atoms with Crippen LogP contribution < -0.4 is 5.32 Å². The molecular weight excluding hydrogens is 198 g/mol. The minimum absolute atomic E-state index is 0.477. The van der Waals surface area contributed by atoms with Crippen molar-refractivity contribution in [3.8, 4) is 0 Å². The SMILES string of the molecule is CCCCC(COC)NCc1ccccc1. The Morgan fingerprint density at radius 2 is 2.00 bits per heavy atom. The zero-order valence-electron chi connectivity index (χ0n) is 10.4. The monoisotopic (exact) mass is 221 g/mol. The summed E-state index contributed by atoms with van der Waals surface area (Å²) in [6, 6.07) is 11.0. The molecule has 1 atom stereocenters. The van der Waals surface area contributed by atoms with Crippen LogP contribution >= 0.6 is 0 Å². The highest BCUT2D eigenvalue weighted by atomic mass is 16.5. The molecule has 0 spiro atoms. The molecule has 0 aliphatic heterocycles. The van der Waals surface area contributed by atoms with Crippen molar-refractivity contribution < 1.29 is 4.74 Å². The summed E-state index contributed by atoms with van der Waals surface area (Å²) in [7, 11) is 1.77. The van der Waals surface area contributed by atoms with E-state index in [0.717, 1.165) is 13.2 Å². The first-order valence-electron chi connectivity index (χ1n) is 6.13. The van der Waals surface area contributed by atoms with E-state index < -0.39 is 0 Å². The Bertz CT molecular complexity index is 261. The lowest BCUT2D eigenvalue weighted by atomic mass is 10.1. The summed E-state index contributed by atoms with van der Waals surface area (Å²) in [6.45, 7) is 3.95. The number of nitrogens with one attached hydrogen (secondary N) is 1. The van der Waals surface area contributed by atoms with Gasteiger partial charge in [-0.05, 0) is 12.0 Å². The first kappa shape index (κ1) is 13.2. The molecule has 0 radical (unpaired) electrons. The lowest BCUT2D eigenvalue weighted by Crippen LogP contribution is -2.32. The average Bonchev–Trinajstić information content (AvgIpc) is 2.34. The van der Waals surface area contributed by atoms with Crippen LogP contribution in [0.15, 0.2) is 30.3 Å². The molecule has 1 unspecified atom stereocenters. The van der Waals surface area contributed by atoms with Crippen LogP contribution in [0, 0.1) is 0 Å². The van der Waals surface area contributed by atoms with Crippen LogP contribution in [-0.2, 0) is 11.3 Å². The van der Waals surface area contributed by atoms with Crippen molar-refractivity contribution in [2.24, 2.45) is 0 Å². The predicted octanol–water partition coefficient (Wildman–Crippen LogP) is 2.98. The highest BCUT2D eigenvalue weighted by Gasteiger charge is 2.06. The van der Waals surface area contributed by atoms with Crippen LogP contribution in [0.5, 0.6) is 0 Å². The van der Waals surface area contributed by atoms with E-state index in [4.69, 9.17) is 4.74 Å². The lowest BCUT2D eigenvalue weighted by molar-refractivity contribution is 0.160. The van der Waals surface area contributed by atoms with Gasteiger partial charge in [-0.1, -0.05) is 50.1 Å². The van der Waals surface area contributed by atoms with Crippen LogP contribution in [-0.4, -0.2) is 19.8 Å². The molecule has 2 nitrogen and oxygen atoms in total. The molecule has 0 saturated carbocycles. The molecule has 0 heterocycles. The molecule has 1 rings (SSSR count). The number of methoxy groups -OCH3 is 1. The maximum atomic E-state index is 5.23. The van der Waals surface area contributed by atoms with Crippen molar-refractivity contribution in [3.63, 3.8) is 0 Å². The summed E-state index contributed by atoms with van der Waals surface area (Å²) in [6.07, 6.45) is 3.69. The van der Waals surface area contributed by atoms with Gasteiger partial charge in [-0.25, -0.2) is 0 Å². The average molecular weight is 221 g/mol. The molecule has 2 heteroatoms. The standard InChI is InChI=1S/C14H23NO/c1-3-4-10-14(12-16-2)15-11-13-8-6-5-7-9-13/h5-9,14-15H,3-4,10-12H2,1-2H3. The fourth-order valence-electron chi connectivity index (χ4n) is 1.75. The molecule has 0 aliphatic carbocycles. The minimum atomic E-state index is 0.477. The molecule has 1 N–H and O–H groups in total. The normalized spacial score (nSPS) is 12.6. The van der Waals surface area contributed by atoms with Gasteiger partial charge in [0.1, 0.15) is 0 Å². The summed E-state index contributed by atoms with van der Waals surface area (Å²) in [5.41, 5.74) is 1.33. The highest BCUT2D eigenvalue weighted by molar-refractivity contribution is 5.14. The quantitative estimate of drug-likeness (QED) is 0.728. The number of hydrogen-bond donors (Lipinski definition) is 1. The number of benzene rings is 1. The van der Waals surface area contributed by atoms with Crippen molar-refractivity contribution in [1.82, 2.24) is 5.32 Å². The maximum Gasteiger partial charge on any atom is 0.0615 e. The number of unbranched alkanes of at least 4 members (excludes halogenated alkanes) is 1. The summed E-state index contributed by atoms with van der Waals surface area (Å²) in [5.74, 6) is 0. The van der Waals surface area contributed by atoms with Crippen LogP contribution in [0.2, 0.25) is 0 Å². The third-order valence-corrected chi connectivity index (χ3v) is 2.71. The Morgan fingerprint density at radius 1 is 1.25 bits per heavy atom. The lowest BCUT2D eigenvalue weighted by Gasteiger charge is -2.17. The third kappa shape index (κ3) is 5.29. The summed E-state index contributed by atoms with van der Waals surface area (Å²) >= 11 is 0. The van der Waals surface area contributed by atoms with Crippen LogP contribution in [0.1, 0.15) is 31.7 Å². The van der Waals surface area contributed by atoms with Gasteiger partial charge >= 0.3 is 0 Å². The third-order valence-electron chi connectivity index (χ3n) is 2.71. The van der Waals surface area contributed by atoms with E-state index in [0.29, 0.717) is 6.04 Å². The number of hydrogen-bond acceptors (Lipinski definition) is 2. The Hall–Kier alpha value is -0.860. The fourth-order valence-corrected chi connectivity index (χ4v) is 1.75. The molecule has 1 aromatic carbocycles. The Labute approximate surface area is 99.0 Å². The van der Waals surface area contributed by atoms with E-state index in [9.17, 15) is 0 Å². The zero-order valence-corrected chi connectivity index (χ0v) is 10.4. The van der Waals surface area contributed by atoms with E-state index in [1.165, 1.54) is 24.8 Å². The van der Waals surface area contributed by atoms with Crippen molar-refractivity contribution in [2.45, 2.75) is 38.8 Å². The topological polar surface area (TPSA) is 21.3 Å². The van der Waals surface area contributed by atoms with E-state index in [1.807, 2.05) is 6.07 Å². The van der Waals surface area contributed by atoms with Gasteiger partial charge < -0.3 is 10.1 Å². The highest BCUT2D eigenvalue weighted by Crippen LogP contribution is 2.03. The van der Waals surface area contributed by atoms with Gasteiger partial charge in [0.05, 0.1) is 6.61 Å². The van der Waals surface area contributed by atoms with Gasteiger partial charge in [0.2, 0.25) is 0 Å². The molecule has 0 saturated heterocycles. The van der Waals surface area contributed by atoms with Crippen molar-refractivity contribution in [3.05, 3.63) is 35.9 Å². The second-order valence-corrected chi connectivity index (χ2v) is 4.16. The second kappa shape index (κ2) is 8.31. The van der Waals surface area contributed by atoms with Gasteiger partial charge in [-0.3, -0.25) is 0 Å². The van der Waals surface area contributed by atoms with Gasteiger partial charge in [-0.2, -0.15) is 0 Å². The molecular formula is C14H23NO. The molecule has 0 amide bonds. The number of ether oxygens (including phenoxy) is 1. The molecule has 16 heavy (non-hydrogen) atoms. The Balaban J connectivity index is 2.31. The van der Waals surface area contributed by atoms with Crippen molar-refractivity contribution >= 4 is 0 Å². The predicted molar refractivity (Wildman–Crippen MR) is 68.5 cm³/mol. The molecule has 1 aromatic rings. The Morgan fingerprint density at radius 3 is 2.62 bits per heavy atom. The van der Waals surface area contributed by atoms with Crippen LogP contribution in [0.4, 0.5) is 0 Å². The van der Waals surface area contributed by atoms with Crippen molar-refractivity contribution in [2.75, 3.05) is 13.7 Å². The smallest absolute Gasteiger partial charge is 0.0615 e. The summed E-state index contributed by atoms with van der Waals surface area (Å²) in [5, 5.41) is 3.55. The first-order chi connectivity index (χ1) is 7.86. The van der Waals surface area contributed by atoms with Gasteiger partial charge in [0, 0.05) is 19.7 Å². The largest absolute Gasteiger partial charge is 0.383 e. The van der Waals surface area contributed by atoms with Gasteiger partial charge in [-0.15, -0.1) is 0 Å². The zero-order chi connectivity index (χ0) is 11.6. The fraction of sp³-hybridized carbons (Fsp3) is 0.571. The van der Waals surface area contributed by atoms with Crippen LogP contribution in [0.25, 0.3) is 0 Å². The molecule has 0 fully saturated rings. The summed E-state index contributed by atoms with van der Waals surface area (Å²) < 4.78 is 5.23. The van der Waals surface area contributed by atoms with Gasteiger partial charge in [0.25, 0.3) is 0 Å². The maximum absolute atomic E-state index is 5.23. The van der Waals surface area contributed by atoms with Gasteiger partial charge in [0.15, 0.2) is 0 Å². The second-order valence-electron chi connectivity index (χ2n) is 4.16. The van der Waals surface area contributed by atoms with Crippen molar-refractivity contribution in [1.29, 1.82) is 0 Å². The number of rotatable bonds is 8. The minimum Gasteiger partial charge on any atom is -0.383 e. The van der Waals surface area contributed by atoms with E-state index in [2.05, 4.69) is 36.5 Å². The molecule has 0 aliphatic rings. The van der Waals surface area contributed by atoms with Crippen LogP contribution in [0.3, 0.4) is 0 Å². The van der Waals surface area contributed by atoms with E-state index in [-0.39, 0.29) is 0 Å². The first-order valence-corrected chi connectivity index (χ1v) is 6.13. The molecule has 0 bridgehead atoms. The Kier molecular flexibility index (Phi) is 6.86.